The summed E-state index contributed by atoms with van der Waals surface area (Å²) in [4.78, 5) is 22.6. The van der Waals surface area contributed by atoms with Crippen molar-refractivity contribution in [2.45, 2.75) is 24.9 Å². The van der Waals surface area contributed by atoms with E-state index >= 15 is 0 Å². The van der Waals surface area contributed by atoms with Crippen molar-refractivity contribution in [3.05, 3.63) is 59.4 Å². The minimum Gasteiger partial charge on any atom is -0.335 e. The molecule has 30 heavy (non-hydrogen) atoms. The van der Waals surface area contributed by atoms with E-state index in [0.717, 1.165) is 18.2 Å². The highest BCUT2D eigenvalue weighted by molar-refractivity contribution is 5.91. The van der Waals surface area contributed by atoms with Gasteiger partial charge >= 0.3 is 6.18 Å². The molecule has 5 rings (SSSR count). The van der Waals surface area contributed by atoms with Crippen LogP contribution in [0.4, 0.5) is 17.6 Å². The normalized spacial score (nSPS) is 23.9. The molecular formula is C20H17F4N5O. The monoisotopic (exact) mass is 419 g/mol. The van der Waals surface area contributed by atoms with Crippen LogP contribution in [0.1, 0.15) is 40.5 Å². The summed E-state index contributed by atoms with van der Waals surface area (Å²) >= 11 is 0. The van der Waals surface area contributed by atoms with Gasteiger partial charge in [-0.2, -0.15) is 18.2 Å². The molecule has 0 radical (unpaired) electrons. The molecule has 3 atom stereocenters. The lowest BCUT2D eigenvalue weighted by atomic mass is 9.91. The molecule has 0 bridgehead atoms. The molecule has 0 spiro atoms. The van der Waals surface area contributed by atoms with Crippen LogP contribution in [0.25, 0.3) is 5.78 Å². The summed E-state index contributed by atoms with van der Waals surface area (Å²) in [5.74, 6) is -0.841. The summed E-state index contributed by atoms with van der Waals surface area (Å²) in [5, 5.41) is 4.15. The van der Waals surface area contributed by atoms with Crippen molar-refractivity contribution in [1.29, 1.82) is 0 Å². The number of hydrogen-bond donors (Lipinski definition) is 0. The van der Waals surface area contributed by atoms with Crippen LogP contribution in [-0.2, 0) is 6.18 Å². The van der Waals surface area contributed by atoms with Gasteiger partial charge < -0.3 is 4.90 Å². The van der Waals surface area contributed by atoms with Crippen molar-refractivity contribution in [3.8, 4) is 0 Å². The number of hydrogen-bond acceptors (Lipinski definition) is 4. The molecule has 3 heterocycles. The van der Waals surface area contributed by atoms with Crippen molar-refractivity contribution in [2.75, 3.05) is 13.1 Å². The number of alkyl halides is 3. The summed E-state index contributed by atoms with van der Waals surface area (Å²) in [6.45, 7) is 0.860. The number of nitrogens with zero attached hydrogens (tertiary/aromatic N) is 5. The van der Waals surface area contributed by atoms with Gasteiger partial charge in [0.2, 0.25) is 5.82 Å². The van der Waals surface area contributed by atoms with Gasteiger partial charge in [0.05, 0.1) is 5.56 Å². The van der Waals surface area contributed by atoms with Crippen molar-refractivity contribution < 1.29 is 22.4 Å². The molecule has 1 saturated heterocycles. The van der Waals surface area contributed by atoms with E-state index < -0.39 is 17.6 Å². The number of benzene rings is 1. The van der Waals surface area contributed by atoms with Gasteiger partial charge in [0.15, 0.2) is 0 Å². The molecule has 1 aromatic carbocycles. The fourth-order valence-corrected chi connectivity index (χ4v) is 4.81. The van der Waals surface area contributed by atoms with Crippen LogP contribution in [0.2, 0.25) is 0 Å². The summed E-state index contributed by atoms with van der Waals surface area (Å²) in [5.41, 5.74) is -0.758. The van der Waals surface area contributed by atoms with Gasteiger partial charge in [-0.1, -0.05) is 0 Å². The molecule has 0 N–H and O–H groups in total. The Morgan fingerprint density at radius 3 is 2.53 bits per heavy atom. The molecule has 1 aliphatic heterocycles. The van der Waals surface area contributed by atoms with E-state index in [9.17, 15) is 22.4 Å². The predicted molar refractivity (Wildman–Crippen MR) is 97.0 cm³/mol. The van der Waals surface area contributed by atoms with Crippen molar-refractivity contribution in [2.24, 2.45) is 11.8 Å². The third-order valence-corrected chi connectivity index (χ3v) is 6.10. The fraction of sp³-hybridized carbons (Fsp3) is 0.400. The largest absolute Gasteiger partial charge is 0.416 e. The molecule has 2 aliphatic rings. The van der Waals surface area contributed by atoms with Crippen LogP contribution >= 0.6 is 0 Å². The molecule has 3 aromatic rings. The number of fused-ring (bicyclic) bond motifs is 2. The Morgan fingerprint density at radius 2 is 1.87 bits per heavy atom. The first kappa shape index (κ1) is 19.0. The Bertz CT molecular complexity index is 1080. The van der Waals surface area contributed by atoms with E-state index in [-0.39, 0.29) is 35.0 Å². The molecule has 156 valence electrons. The highest BCUT2D eigenvalue weighted by Crippen LogP contribution is 2.49. The SMILES string of the molecule is O=C(c1nc2ncccn2n1)N1C[C@H]2C[C@@H](c3cc(F)ccc3C(F)(F)F)C[C@H]2C1. The van der Waals surface area contributed by atoms with Crippen LogP contribution in [0.3, 0.4) is 0 Å². The van der Waals surface area contributed by atoms with Gasteiger partial charge in [-0.05, 0) is 60.4 Å². The average Bonchev–Trinajstić information content (AvgIpc) is 3.38. The van der Waals surface area contributed by atoms with Crippen LogP contribution in [0.5, 0.6) is 0 Å². The first-order valence-corrected chi connectivity index (χ1v) is 9.63. The van der Waals surface area contributed by atoms with Crippen LogP contribution in [0.15, 0.2) is 36.7 Å². The van der Waals surface area contributed by atoms with E-state index in [2.05, 4.69) is 15.1 Å². The van der Waals surface area contributed by atoms with E-state index in [1.165, 1.54) is 4.52 Å². The zero-order valence-corrected chi connectivity index (χ0v) is 15.7. The molecule has 2 aromatic heterocycles. The molecule has 1 saturated carbocycles. The maximum Gasteiger partial charge on any atom is 0.416 e. The number of halogens is 4. The molecule has 1 amide bonds. The lowest BCUT2D eigenvalue weighted by Crippen LogP contribution is -2.30. The zero-order valence-electron chi connectivity index (χ0n) is 15.7. The molecule has 2 fully saturated rings. The third-order valence-electron chi connectivity index (χ3n) is 6.10. The Kier molecular flexibility index (Phi) is 4.26. The van der Waals surface area contributed by atoms with Gasteiger partial charge in [-0.25, -0.2) is 13.9 Å². The minimum absolute atomic E-state index is 0.0165. The molecule has 10 heteroatoms. The van der Waals surface area contributed by atoms with Crippen molar-refractivity contribution in [3.63, 3.8) is 0 Å². The van der Waals surface area contributed by atoms with Crippen LogP contribution in [0, 0.1) is 17.7 Å². The molecule has 6 nitrogen and oxygen atoms in total. The quantitative estimate of drug-likeness (QED) is 0.596. The third kappa shape index (κ3) is 3.20. The van der Waals surface area contributed by atoms with Gasteiger partial charge in [0.25, 0.3) is 11.7 Å². The summed E-state index contributed by atoms with van der Waals surface area (Å²) in [7, 11) is 0. The number of amides is 1. The van der Waals surface area contributed by atoms with E-state index in [1.807, 2.05) is 0 Å². The summed E-state index contributed by atoms with van der Waals surface area (Å²) < 4.78 is 55.2. The van der Waals surface area contributed by atoms with E-state index in [4.69, 9.17) is 0 Å². The molecular weight excluding hydrogens is 402 g/mol. The topological polar surface area (TPSA) is 63.4 Å². The number of likely N-dealkylation sites (tertiary alicyclic amines) is 1. The maximum absolute atomic E-state index is 13.7. The second-order valence-corrected chi connectivity index (χ2v) is 7.93. The highest BCUT2D eigenvalue weighted by Gasteiger charge is 2.45. The van der Waals surface area contributed by atoms with Crippen molar-refractivity contribution in [1.82, 2.24) is 24.5 Å². The lowest BCUT2D eigenvalue weighted by Gasteiger charge is -2.21. The van der Waals surface area contributed by atoms with Crippen LogP contribution in [-0.4, -0.2) is 43.5 Å². The lowest BCUT2D eigenvalue weighted by molar-refractivity contribution is -0.138. The van der Waals surface area contributed by atoms with Gasteiger partial charge in [-0.15, -0.1) is 5.10 Å². The van der Waals surface area contributed by atoms with Gasteiger partial charge in [0, 0.05) is 25.5 Å². The Balaban J connectivity index is 1.32. The second kappa shape index (κ2) is 6.75. The van der Waals surface area contributed by atoms with Crippen LogP contribution < -0.4 is 0 Å². The van der Waals surface area contributed by atoms with E-state index in [0.29, 0.717) is 31.7 Å². The molecule has 0 unspecified atom stereocenters. The standard InChI is InChI=1S/C20H17F4N5O/c21-14-2-3-16(20(22,23)24)15(8-14)11-6-12-9-28(10-13(12)7-11)18(30)17-26-19-25-4-1-5-29(19)27-17/h1-5,8,11-13H,6-7,9-10H2/t11-,12-,13+. The van der Waals surface area contributed by atoms with E-state index in [1.54, 1.807) is 23.4 Å². The predicted octanol–water partition coefficient (Wildman–Crippen LogP) is 3.55. The first-order chi connectivity index (χ1) is 14.3. The minimum atomic E-state index is -4.52. The fourth-order valence-electron chi connectivity index (χ4n) is 4.81. The van der Waals surface area contributed by atoms with Gasteiger partial charge in [-0.3, -0.25) is 4.79 Å². The second-order valence-electron chi connectivity index (χ2n) is 7.93. The molecule has 1 aliphatic carbocycles. The Morgan fingerprint density at radius 1 is 1.13 bits per heavy atom. The Labute approximate surface area is 168 Å². The summed E-state index contributed by atoms with van der Waals surface area (Å²) in [6.07, 6.45) is -0.346. The number of carbonyl (C=O) groups excluding carboxylic acids is 1. The summed E-state index contributed by atoms with van der Waals surface area (Å²) in [6, 6.07) is 4.35. The number of aromatic nitrogens is 4. The number of rotatable bonds is 2. The smallest absolute Gasteiger partial charge is 0.335 e. The Hall–Kier alpha value is -3.04. The number of carbonyl (C=O) groups is 1. The highest BCUT2D eigenvalue weighted by atomic mass is 19.4. The van der Waals surface area contributed by atoms with Crippen molar-refractivity contribution >= 4 is 11.7 Å². The first-order valence-electron chi connectivity index (χ1n) is 9.63. The van der Waals surface area contributed by atoms with Gasteiger partial charge in [0.1, 0.15) is 5.82 Å². The maximum atomic E-state index is 13.7. The average molecular weight is 419 g/mol. The zero-order chi connectivity index (χ0) is 21.0.